The zero-order valence-electron chi connectivity index (χ0n) is 16.0. The van der Waals surface area contributed by atoms with E-state index in [9.17, 15) is 4.79 Å². The lowest BCUT2D eigenvalue weighted by molar-refractivity contribution is 0.0954. The maximum atomic E-state index is 12.3. The lowest BCUT2D eigenvalue weighted by atomic mass is 10.1. The molecule has 0 radical (unpaired) electrons. The fourth-order valence-corrected chi connectivity index (χ4v) is 3.82. The van der Waals surface area contributed by atoms with Gasteiger partial charge >= 0.3 is 0 Å². The molecule has 0 aliphatic heterocycles. The predicted molar refractivity (Wildman–Crippen MR) is 119 cm³/mol. The van der Waals surface area contributed by atoms with Crippen LogP contribution in [0.4, 0.5) is 17.5 Å². The molecule has 0 atom stereocenters. The highest BCUT2D eigenvalue weighted by Gasteiger charge is 2.09. The monoisotopic (exact) mass is 403 g/mol. The normalized spacial score (nSPS) is 10.7. The standard InChI is InChI=1S/C22H21N5OS/c1-23-20-19-18(12-14-29-19)26-22(27-20)25-17-9-7-16(8-10-17)21(28)24-13-11-15-5-3-2-4-6-15/h2-10,12,14H,11,13H2,1H3,(H,24,28)(H2,23,25,26,27). The number of aromatic nitrogens is 2. The molecule has 3 N–H and O–H groups in total. The molecule has 7 heteroatoms. The number of hydrogen-bond donors (Lipinski definition) is 3. The summed E-state index contributed by atoms with van der Waals surface area (Å²) in [5, 5.41) is 11.3. The van der Waals surface area contributed by atoms with E-state index in [1.54, 1.807) is 23.5 Å². The summed E-state index contributed by atoms with van der Waals surface area (Å²) in [6.45, 7) is 0.601. The van der Waals surface area contributed by atoms with E-state index in [0.29, 0.717) is 18.1 Å². The number of nitrogens with one attached hydrogen (secondary N) is 3. The van der Waals surface area contributed by atoms with Crippen molar-refractivity contribution in [3.63, 3.8) is 0 Å². The largest absolute Gasteiger partial charge is 0.372 e. The smallest absolute Gasteiger partial charge is 0.251 e. The van der Waals surface area contributed by atoms with Crippen molar-refractivity contribution < 1.29 is 4.79 Å². The van der Waals surface area contributed by atoms with Crippen molar-refractivity contribution in [1.29, 1.82) is 0 Å². The molecule has 4 rings (SSSR count). The second-order valence-corrected chi connectivity index (χ2v) is 7.39. The molecular formula is C22H21N5OS. The van der Waals surface area contributed by atoms with Gasteiger partial charge < -0.3 is 16.0 Å². The van der Waals surface area contributed by atoms with Crippen LogP contribution in [0.5, 0.6) is 0 Å². The van der Waals surface area contributed by atoms with Crippen molar-refractivity contribution in [3.05, 3.63) is 77.2 Å². The Hall–Kier alpha value is -3.45. The molecule has 2 aromatic carbocycles. The van der Waals surface area contributed by atoms with Crippen LogP contribution in [0.15, 0.2) is 66.0 Å². The van der Waals surface area contributed by atoms with Gasteiger partial charge in [0.15, 0.2) is 0 Å². The number of hydrogen-bond acceptors (Lipinski definition) is 6. The Balaban J connectivity index is 1.38. The molecule has 0 fully saturated rings. The van der Waals surface area contributed by atoms with Crippen LogP contribution >= 0.6 is 11.3 Å². The molecule has 4 aromatic rings. The third-order valence-electron chi connectivity index (χ3n) is 4.49. The molecule has 0 spiro atoms. The third-order valence-corrected chi connectivity index (χ3v) is 5.40. The number of fused-ring (bicyclic) bond motifs is 1. The number of amides is 1. The number of thiophene rings is 1. The van der Waals surface area contributed by atoms with E-state index in [1.165, 1.54) is 5.56 Å². The SMILES string of the molecule is CNc1nc(Nc2ccc(C(=O)NCCc3ccccc3)cc2)nc2ccsc12. The van der Waals surface area contributed by atoms with E-state index in [4.69, 9.17) is 0 Å². The Bertz CT molecular complexity index is 1110. The molecular weight excluding hydrogens is 382 g/mol. The van der Waals surface area contributed by atoms with E-state index >= 15 is 0 Å². The first-order chi connectivity index (χ1) is 14.2. The van der Waals surface area contributed by atoms with Gasteiger partial charge in [-0.2, -0.15) is 4.98 Å². The molecule has 2 aromatic heterocycles. The van der Waals surface area contributed by atoms with Gasteiger partial charge in [0.05, 0.1) is 10.2 Å². The number of carbonyl (C=O) groups is 1. The fourth-order valence-electron chi connectivity index (χ4n) is 2.99. The van der Waals surface area contributed by atoms with Crippen LogP contribution in [0, 0.1) is 0 Å². The van der Waals surface area contributed by atoms with Crippen molar-refractivity contribution in [2.75, 3.05) is 24.2 Å². The highest BCUT2D eigenvalue weighted by Crippen LogP contribution is 2.27. The van der Waals surface area contributed by atoms with Crippen LogP contribution < -0.4 is 16.0 Å². The molecule has 29 heavy (non-hydrogen) atoms. The van der Waals surface area contributed by atoms with Crippen molar-refractivity contribution in [1.82, 2.24) is 15.3 Å². The quantitative estimate of drug-likeness (QED) is 0.425. The minimum Gasteiger partial charge on any atom is -0.372 e. The number of nitrogens with zero attached hydrogens (tertiary/aromatic N) is 2. The maximum absolute atomic E-state index is 12.3. The summed E-state index contributed by atoms with van der Waals surface area (Å²) in [5.41, 5.74) is 3.54. The van der Waals surface area contributed by atoms with Gasteiger partial charge in [-0.3, -0.25) is 4.79 Å². The van der Waals surface area contributed by atoms with Crippen LogP contribution in [0.25, 0.3) is 10.2 Å². The van der Waals surface area contributed by atoms with E-state index in [-0.39, 0.29) is 5.91 Å². The molecule has 1 amide bonds. The Morgan fingerprint density at radius 1 is 1.00 bits per heavy atom. The Kier molecular flexibility index (Phi) is 5.67. The van der Waals surface area contributed by atoms with Crippen molar-refractivity contribution >= 4 is 44.9 Å². The van der Waals surface area contributed by atoms with Gasteiger partial charge in [0.25, 0.3) is 5.91 Å². The van der Waals surface area contributed by atoms with Crippen LogP contribution in [0.3, 0.4) is 0 Å². The number of anilines is 3. The number of rotatable bonds is 7. The zero-order chi connectivity index (χ0) is 20.1. The molecule has 6 nitrogen and oxygen atoms in total. The maximum Gasteiger partial charge on any atom is 0.251 e. The molecule has 0 saturated heterocycles. The van der Waals surface area contributed by atoms with Gasteiger partial charge in [-0.15, -0.1) is 11.3 Å². The van der Waals surface area contributed by atoms with Gasteiger partial charge in [0.2, 0.25) is 5.95 Å². The van der Waals surface area contributed by atoms with E-state index < -0.39 is 0 Å². The van der Waals surface area contributed by atoms with E-state index in [0.717, 1.165) is 28.1 Å². The summed E-state index contributed by atoms with van der Waals surface area (Å²) in [6.07, 6.45) is 0.808. The van der Waals surface area contributed by atoms with Gasteiger partial charge in [0, 0.05) is 24.8 Å². The summed E-state index contributed by atoms with van der Waals surface area (Å²) in [5.74, 6) is 1.23. The van der Waals surface area contributed by atoms with Crippen LogP contribution in [0.1, 0.15) is 15.9 Å². The summed E-state index contributed by atoms with van der Waals surface area (Å²) in [6, 6.07) is 19.4. The molecule has 0 unspecified atom stereocenters. The zero-order valence-corrected chi connectivity index (χ0v) is 16.8. The van der Waals surface area contributed by atoms with Gasteiger partial charge in [-0.1, -0.05) is 30.3 Å². The van der Waals surface area contributed by atoms with Crippen molar-refractivity contribution in [2.45, 2.75) is 6.42 Å². The molecule has 0 aliphatic rings. The van der Waals surface area contributed by atoms with Crippen LogP contribution in [0.2, 0.25) is 0 Å². The van der Waals surface area contributed by atoms with Gasteiger partial charge in [-0.05, 0) is 47.7 Å². The topological polar surface area (TPSA) is 78.9 Å². The average molecular weight is 404 g/mol. The Labute approximate surface area is 173 Å². The Morgan fingerprint density at radius 3 is 2.55 bits per heavy atom. The highest BCUT2D eigenvalue weighted by molar-refractivity contribution is 7.17. The second-order valence-electron chi connectivity index (χ2n) is 6.47. The number of carbonyl (C=O) groups excluding carboxylic acids is 1. The van der Waals surface area contributed by atoms with Gasteiger partial charge in [-0.25, -0.2) is 4.98 Å². The highest BCUT2D eigenvalue weighted by atomic mass is 32.1. The average Bonchev–Trinajstić information content (AvgIpc) is 3.23. The molecule has 0 aliphatic carbocycles. The summed E-state index contributed by atoms with van der Waals surface area (Å²) in [7, 11) is 1.84. The van der Waals surface area contributed by atoms with E-state index in [1.807, 2.05) is 48.8 Å². The van der Waals surface area contributed by atoms with Crippen molar-refractivity contribution in [3.8, 4) is 0 Å². The summed E-state index contributed by atoms with van der Waals surface area (Å²) < 4.78 is 1.03. The molecule has 2 heterocycles. The lowest BCUT2D eigenvalue weighted by Crippen LogP contribution is -2.25. The second kappa shape index (κ2) is 8.70. The van der Waals surface area contributed by atoms with Gasteiger partial charge in [0.1, 0.15) is 5.82 Å². The predicted octanol–water partition coefficient (Wildman–Crippen LogP) is 4.45. The lowest BCUT2D eigenvalue weighted by Gasteiger charge is -2.09. The molecule has 146 valence electrons. The summed E-state index contributed by atoms with van der Waals surface area (Å²) >= 11 is 1.60. The Morgan fingerprint density at radius 2 is 1.79 bits per heavy atom. The molecule has 0 bridgehead atoms. The first-order valence-corrected chi connectivity index (χ1v) is 10.2. The minimum atomic E-state index is -0.0825. The fraction of sp³-hybridized carbons (Fsp3) is 0.136. The first kappa shape index (κ1) is 18.9. The van der Waals surface area contributed by atoms with E-state index in [2.05, 4.69) is 38.1 Å². The molecule has 0 saturated carbocycles. The number of benzene rings is 2. The van der Waals surface area contributed by atoms with Crippen molar-refractivity contribution in [2.24, 2.45) is 0 Å². The van der Waals surface area contributed by atoms with Crippen LogP contribution in [-0.4, -0.2) is 29.5 Å². The first-order valence-electron chi connectivity index (χ1n) is 9.35. The summed E-state index contributed by atoms with van der Waals surface area (Å²) in [4.78, 5) is 21.4. The third kappa shape index (κ3) is 4.52. The minimum absolute atomic E-state index is 0.0825. The van der Waals surface area contributed by atoms with Crippen LogP contribution in [-0.2, 0) is 6.42 Å².